The Hall–Kier alpha value is -2.28. The molecule has 0 aliphatic heterocycles. The standard InChI is InChI=1S/C12H12N5OS/c1-8-16(15-12-17(8)14-11(13)19-12)7-10(18)9-5-3-2-4-6-9/h2-6H,7H2,1H3,(H2,13,14)/q+1. The Bertz CT molecular complexity index is 746. The van der Waals surface area contributed by atoms with Crippen molar-refractivity contribution in [3.05, 3.63) is 41.7 Å². The van der Waals surface area contributed by atoms with Crippen LogP contribution in [0.5, 0.6) is 0 Å². The molecule has 1 aromatic carbocycles. The molecule has 3 aromatic rings. The van der Waals surface area contributed by atoms with E-state index < -0.39 is 0 Å². The number of nitrogen functional groups attached to an aromatic ring is 1. The van der Waals surface area contributed by atoms with Gasteiger partial charge in [0.05, 0.1) is 5.10 Å². The van der Waals surface area contributed by atoms with Crippen LogP contribution in [0.2, 0.25) is 0 Å². The number of hydrogen-bond donors (Lipinski definition) is 1. The molecule has 96 valence electrons. The summed E-state index contributed by atoms with van der Waals surface area (Å²) in [5, 5.41) is 8.93. The van der Waals surface area contributed by atoms with Gasteiger partial charge in [0, 0.05) is 12.5 Å². The number of fused-ring (bicyclic) bond motifs is 1. The average Bonchev–Trinajstić information content (AvgIpc) is 2.90. The fourth-order valence-electron chi connectivity index (χ4n) is 1.86. The first-order valence-corrected chi connectivity index (χ1v) is 6.57. The van der Waals surface area contributed by atoms with Crippen molar-refractivity contribution in [2.45, 2.75) is 13.5 Å². The van der Waals surface area contributed by atoms with Crippen LogP contribution in [0.25, 0.3) is 4.96 Å². The van der Waals surface area contributed by atoms with Gasteiger partial charge in [0.1, 0.15) is 0 Å². The van der Waals surface area contributed by atoms with E-state index in [1.165, 1.54) is 11.3 Å². The van der Waals surface area contributed by atoms with Gasteiger partial charge in [-0.25, -0.2) is 0 Å². The van der Waals surface area contributed by atoms with E-state index in [0.717, 1.165) is 5.82 Å². The summed E-state index contributed by atoms with van der Waals surface area (Å²) < 4.78 is 3.30. The van der Waals surface area contributed by atoms with E-state index in [4.69, 9.17) is 5.73 Å². The third-order valence-electron chi connectivity index (χ3n) is 2.85. The SMILES string of the molecule is Cc1n(CC(=O)c2ccccc2)nc2sc(N)n[n+]12. The smallest absolute Gasteiger partial charge is 0.372 e. The van der Waals surface area contributed by atoms with E-state index in [9.17, 15) is 4.79 Å². The minimum atomic E-state index is 0.0208. The number of aromatic nitrogens is 4. The van der Waals surface area contributed by atoms with Crippen LogP contribution in [0.3, 0.4) is 0 Å². The zero-order valence-corrected chi connectivity index (χ0v) is 11.1. The van der Waals surface area contributed by atoms with Crippen LogP contribution in [-0.4, -0.2) is 20.7 Å². The normalized spacial score (nSPS) is 11.0. The van der Waals surface area contributed by atoms with Crippen LogP contribution in [0.15, 0.2) is 30.3 Å². The molecular weight excluding hydrogens is 262 g/mol. The fraction of sp³-hybridized carbons (Fsp3) is 0.167. The predicted octanol–water partition coefficient (Wildman–Crippen LogP) is 0.852. The number of Topliss-reactive ketones (excluding diaryl/α,β-unsaturated/α-hetero) is 1. The summed E-state index contributed by atoms with van der Waals surface area (Å²) in [4.78, 5) is 12.8. The lowest BCUT2D eigenvalue weighted by atomic mass is 10.1. The Morgan fingerprint density at radius 2 is 2.16 bits per heavy atom. The number of carbonyl (C=O) groups excluding carboxylic acids is 1. The first-order chi connectivity index (χ1) is 9.15. The molecule has 7 heteroatoms. The van der Waals surface area contributed by atoms with Crippen LogP contribution in [0.1, 0.15) is 16.2 Å². The summed E-state index contributed by atoms with van der Waals surface area (Å²) in [6.07, 6.45) is 0. The first kappa shape index (κ1) is 11.8. The van der Waals surface area contributed by atoms with E-state index in [0.29, 0.717) is 15.7 Å². The number of ketones is 1. The zero-order chi connectivity index (χ0) is 13.4. The highest BCUT2D eigenvalue weighted by Crippen LogP contribution is 2.11. The predicted molar refractivity (Wildman–Crippen MR) is 71.0 cm³/mol. The Morgan fingerprint density at radius 3 is 2.84 bits per heavy atom. The van der Waals surface area contributed by atoms with Gasteiger partial charge >= 0.3 is 4.96 Å². The largest absolute Gasteiger partial charge is 0.386 e. The van der Waals surface area contributed by atoms with Crippen molar-refractivity contribution < 1.29 is 9.31 Å². The first-order valence-electron chi connectivity index (χ1n) is 5.75. The number of hydrogen-bond acceptors (Lipinski definition) is 5. The summed E-state index contributed by atoms with van der Waals surface area (Å²) in [7, 11) is 0. The van der Waals surface area contributed by atoms with Crippen molar-refractivity contribution in [1.29, 1.82) is 0 Å². The summed E-state index contributed by atoms with van der Waals surface area (Å²) in [6, 6.07) is 9.17. The monoisotopic (exact) mass is 274 g/mol. The van der Waals surface area contributed by atoms with Gasteiger partial charge in [0.2, 0.25) is 5.13 Å². The highest BCUT2D eigenvalue weighted by atomic mass is 32.1. The van der Waals surface area contributed by atoms with Gasteiger partial charge in [-0.15, -0.1) is 4.68 Å². The molecule has 0 saturated heterocycles. The summed E-state index contributed by atoms with van der Waals surface area (Å²) in [6.45, 7) is 2.06. The van der Waals surface area contributed by atoms with E-state index >= 15 is 0 Å². The van der Waals surface area contributed by atoms with Gasteiger partial charge < -0.3 is 5.73 Å². The molecule has 2 heterocycles. The third kappa shape index (κ3) is 2.08. The van der Waals surface area contributed by atoms with Crippen LogP contribution in [0.4, 0.5) is 5.13 Å². The van der Waals surface area contributed by atoms with Gasteiger partial charge in [-0.2, -0.15) is 0 Å². The minimum absolute atomic E-state index is 0.0208. The topological polar surface area (TPSA) is 77.9 Å². The van der Waals surface area contributed by atoms with Crippen molar-refractivity contribution in [2.75, 3.05) is 5.73 Å². The average molecular weight is 274 g/mol. The van der Waals surface area contributed by atoms with Crippen LogP contribution in [-0.2, 0) is 6.54 Å². The molecular formula is C12H12N5OS+. The fourth-order valence-corrected chi connectivity index (χ4v) is 2.57. The second kappa shape index (κ2) is 4.43. The maximum Gasteiger partial charge on any atom is 0.386 e. The maximum atomic E-state index is 12.1. The number of nitrogens with zero attached hydrogens (tertiary/aromatic N) is 4. The Morgan fingerprint density at radius 1 is 1.42 bits per heavy atom. The summed E-state index contributed by atoms with van der Waals surface area (Å²) >= 11 is 1.30. The van der Waals surface area contributed by atoms with Crippen LogP contribution < -0.4 is 10.2 Å². The molecule has 0 saturated carbocycles. The van der Waals surface area contributed by atoms with Gasteiger partial charge in [-0.3, -0.25) is 4.79 Å². The maximum absolute atomic E-state index is 12.1. The number of rotatable bonds is 3. The lowest BCUT2D eigenvalue weighted by Crippen LogP contribution is -2.27. The van der Waals surface area contributed by atoms with Gasteiger partial charge in [-0.05, 0) is 11.3 Å². The van der Waals surface area contributed by atoms with Crippen molar-refractivity contribution in [3.8, 4) is 0 Å². The number of anilines is 1. The molecule has 6 nitrogen and oxygen atoms in total. The second-order valence-electron chi connectivity index (χ2n) is 4.13. The van der Waals surface area contributed by atoms with Crippen LogP contribution >= 0.6 is 11.3 Å². The molecule has 19 heavy (non-hydrogen) atoms. The Labute approximate surface area is 113 Å². The van der Waals surface area contributed by atoms with E-state index in [-0.39, 0.29) is 12.3 Å². The molecule has 2 N–H and O–H groups in total. The number of benzene rings is 1. The number of carbonyl (C=O) groups is 1. The highest BCUT2D eigenvalue weighted by Gasteiger charge is 2.23. The van der Waals surface area contributed by atoms with Gasteiger partial charge in [-0.1, -0.05) is 39.9 Å². The minimum Gasteiger partial charge on any atom is -0.372 e. The highest BCUT2D eigenvalue weighted by molar-refractivity contribution is 7.19. The number of nitrogens with two attached hydrogens (primary N) is 1. The van der Waals surface area contributed by atoms with Gasteiger partial charge in [0.15, 0.2) is 12.3 Å². The molecule has 2 aromatic heterocycles. The molecule has 0 aliphatic carbocycles. The molecule has 0 radical (unpaired) electrons. The third-order valence-corrected chi connectivity index (χ3v) is 3.58. The second-order valence-corrected chi connectivity index (χ2v) is 5.12. The van der Waals surface area contributed by atoms with E-state index in [2.05, 4.69) is 10.2 Å². The zero-order valence-electron chi connectivity index (χ0n) is 10.3. The summed E-state index contributed by atoms with van der Waals surface area (Å²) in [5.41, 5.74) is 6.30. The number of aryl methyl sites for hydroxylation is 1. The molecule has 0 aliphatic rings. The lowest BCUT2D eigenvalue weighted by Gasteiger charge is -1.97. The molecule has 0 bridgehead atoms. The molecule has 0 unspecified atom stereocenters. The van der Waals surface area contributed by atoms with Crippen molar-refractivity contribution in [1.82, 2.24) is 14.9 Å². The quantitative estimate of drug-likeness (QED) is 0.567. The molecule has 0 atom stereocenters. The van der Waals surface area contributed by atoms with Crippen LogP contribution in [0, 0.1) is 6.92 Å². The van der Waals surface area contributed by atoms with Crippen molar-refractivity contribution in [3.63, 3.8) is 0 Å². The molecule has 3 rings (SSSR count). The Balaban J connectivity index is 1.91. The molecule has 0 fully saturated rings. The van der Waals surface area contributed by atoms with E-state index in [1.807, 2.05) is 25.1 Å². The lowest BCUT2D eigenvalue weighted by molar-refractivity contribution is -0.582. The van der Waals surface area contributed by atoms with E-state index in [1.54, 1.807) is 21.3 Å². The van der Waals surface area contributed by atoms with Crippen molar-refractivity contribution >= 4 is 27.2 Å². The summed E-state index contributed by atoms with van der Waals surface area (Å²) in [5.74, 6) is 0.805. The molecule has 0 spiro atoms. The Kier molecular flexibility index (Phi) is 2.75. The van der Waals surface area contributed by atoms with Gasteiger partial charge in [0.25, 0.3) is 5.82 Å². The molecule has 0 amide bonds. The van der Waals surface area contributed by atoms with Crippen molar-refractivity contribution in [2.24, 2.45) is 0 Å².